The van der Waals surface area contributed by atoms with E-state index in [1.165, 1.54) is 38.5 Å². The molecule has 0 atom stereocenters. The van der Waals surface area contributed by atoms with Crippen LogP contribution in [0.1, 0.15) is 80.1 Å². The van der Waals surface area contributed by atoms with E-state index in [1.54, 1.807) is 13.3 Å². The fraction of sp³-hybridized carbons (Fsp3) is 0.900. The van der Waals surface area contributed by atoms with Crippen LogP contribution < -0.4 is 0 Å². The van der Waals surface area contributed by atoms with Crippen molar-refractivity contribution in [3.8, 4) is 0 Å². The first-order valence-corrected chi connectivity index (χ1v) is 20.6. The maximum atomic E-state index is 2.91. The van der Waals surface area contributed by atoms with Gasteiger partial charge in [0.2, 0.25) is 0 Å². The number of unbranched alkanes of at least 4 members (excludes halogenated alkanes) is 3. The monoisotopic (exact) mass is 432 g/mol. The summed E-state index contributed by atoms with van der Waals surface area (Å²) < 4.78 is 7.73. The molecule has 0 nitrogen and oxygen atoms in total. The number of rotatable bonds is 11. The van der Waals surface area contributed by atoms with Gasteiger partial charge in [-0.1, -0.05) is 0 Å². The van der Waals surface area contributed by atoms with Crippen LogP contribution in [0.5, 0.6) is 0 Å². The average molecular weight is 431 g/mol. The molecule has 0 spiro atoms. The third-order valence-electron chi connectivity index (χ3n) is 5.87. The van der Waals surface area contributed by atoms with Gasteiger partial charge in [0.1, 0.15) is 0 Å². The molecule has 0 bridgehead atoms. The first-order valence-electron chi connectivity index (χ1n) is 9.84. The van der Waals surface area contributed by atoms with E-state index in [2.05, 4.69) is 64.4 Å². The second-order valence-electron chi connectivity index (χ2n) is 8.98. The molecular weight excluding hydrogens is 387 g/mol. The Morgan fingerprint density at radius 2 is 1.14 bits per heavy atom. The van der Waals surface area contributed by atoms with Crippen molar-refractivity contribution in [3.05, 3.63) is 9.79 Å². The van der Waals surface area contributed by atoms with E-state index in [4.69, 9.17) is 0 Å². The minimum absolute atomic E-state index is 0.487. The molecule has 0 fully saturated rings. The zero-order valence-corrected chi connectivity index (χ0v) is 20.9. The van der Waals surface area contributed by atoms with E-state index >= 15 is 0 Å². The summed E-state index contributed by atoms with van der Waals surface area (Å²) in [5, 5.41) is 0.487. The van der Waals surface area contributed by atoms with E-state index in [0.717, 1.165) is 0 Å². The third-order valence-corrected chi connectivity index (χ3v) is 25.7. The molecule has 0 radical (unpaired) electrons. The minimum atomic E-state index is -2.05. The Balaban J connectivity index is 5.31. The SMILES string of the molecule is CCC[CH2][Sn](/[CH]=C/[Si](C)(C)C(C)(C)C)([CH2]CCC)[CH2]CCC. The Morgan fingerprint density at radius 3 is 1.41 bits per heavy atom. The van der Waals surface area contributed by atoms with Gasteiger partial charge in [-0.15, -0.1) is 0 Å². The topological polar surface area (TPSA) is 0 Å². The molecule has 132 valence electrons. The summed E-state index contributed by atoms with van der Waals surface area (Å²) in [6.07, 6.45) is 8.57. The predicted molar refractivity (Wildman–Crippen MR) is 111 cm³/mol. The van der Waals surface area contributed by atoms with Crippen molar-refractivity contribution < 1.29 is 0 Å². The third kappa shape index (κ3) is 8.03. The van der Waals surface area contributed by atoms with Crippen LogP contribution in [0.4, 0.5) is 0 Å². The summed E-state index contributed by atoms with van der Waals surface area (Å²) >= 11 is -2.05. The molecule has 0 aliphatic heterocycles. The van der Waals surface area contributed by atoms with Gasteiger partial charge in [0.25, 0.3) is 0 Å². The van der Waals surface area contributed by atoms with Crippen LogP contribution in [0.25, 0.3) is 0 Å². The quantitative estimate of drug-likeness (QED) is 0.291. The van der Waals surface area contributed by atoms with Crippen LogP contribution in [0.15, 0.2) is 9.79 Å². The zero-order valence-electron chi connectivity index (χ0n) is 17.0. The van der Waals surface area contributed by atoms with Gasteiger partial charge in [0.05, 0.1) is 0 Å². The molecule has 0 aromatic heterocycles. The van der Waals surface area contributed by atoms with Gasteiger partial charge in [0, 0.05) is 0 Å². The van der Waals surface area contributed by atoms with E-state index in [0.29, 0.717) is 5.04 Å². The van der Waals surface area contributed by atoms with E-state index in [-0.39, 0.29) is 0 Å². The summed E-state index contributed by atoms with van der Waals surface area (Å²) in [5.74, 6) is 0. The number of hydrogen-bond donors (Lipinski definition) is 0. The Bertz CT molecular complexity index is 290. The van der Waals surface area contributed by atoms with Gasteiger partial charge >= 0.3 is 148 Å². The molecule has 22 heavy (non-hydrogen) atoms. The van der Waals surface area contributed by atoms with E-state index < -0.39 is 26.5 Å². The average Bonchev–Trinajstić information content (AvgIpc) is 2.44. The van der Waals surface area contributed by atoms with Crippen molar-refractivity contribution in [2.24, 2.45) is 0 Å². The summed E-state index contributed by atoms with van der Waals surface area (Å²) in [6, 6.07) is 0. The Kier molecular flexibility index (Phi) is 10.9. The summed E-state index contributed by atoms with van der Waals surface area (Å²) in [4.78, 5) is 0. The van der Waals surface area contributed by atoms with Crippen LogP contribution in [0.3, 0.4) is 0 Å². The van der Waals surface area contributed by atoms with Crippen molar-refractivity contribution in [2.45, 2.75) is 112 Å². The molecule has 0 aliphatic carbocycles. The molecule has 0 amide bonds. The number of hydrogen-bond acceptors (Lipinski definition) is 0. The fourth-order valence-corrected chi connectivity index (χ4v) is 23.3. The van der Waals surface area contributed by atoms with Crippen molar-refractivity contribution in [3.63, 3.8) is 0 Å². The van der Waals surface area contributed by atoms with Gasteiger partial charge in [-0.3, -0.25) is 0 Å². The van der Waals surface area contributed by atoms with Crippen LogP contribution >= 0.6 is 0 Å². The molecule has 0 heterocycles. The molecular formula is C20H44SiSn. The van der Waals surface area contributed by atoms with Crippen molar-refractivity contribution in [1.82, 2.24) is 0 Å². The van der Waals surface area contributed by atoms with Crippen LogP contribution in [-0.2, 0) is 0 Å². The Morgan fingerprint density at radius 1 is 0.773 bits per heavy atom. The summed E-state index contributed by atoms with van der Waals surface area (Å²) in [7, 11) is -1.26. The first-order chi connectivity index (χ1) is 10.1. The molecule has 0 aromatic carbocycles. The van der Waals surface area contributed by atoms with E-state index in [9.17, 15) is 0 Å². The predicted octanol–water partition coefficient (Wildman–Crippen LogP) is 7.98. The summed E-state index contributed by atoms with van der Waals surface area (Å²) in [5.41, 5.74) is 2.78. The maximum absolute atomic E-state index is 2.91. The van der Waals surface area contributed by atoms with Crippen molar-refractivity contribution in [2.75, 3.05) is 0 Å². The molecule has 0 aliphatic rings. The summed E-state index contributed by atoms with van der Waals surface area (Å²) in [6.45, 7) is 19.6. The molecule has 0 rings (SSSR count). The van der Waals surface area contributed by atoms with Crippen molar-refractivity contribution in [1.29, 1.82) is 0 Å². The molecule has 0 saturated carbocycles. The van der Waals surface area contributed by atoms with Gasteiger partial charge in [-0.05, 0) is 0 Å². The van der Waals surface area contributed by atoms with E-state index in [1.807, 2.05) is 0 Å². The van der Waals surface area contributed by atoms with Crippen LogP contribution in [-0.4, -0.2) is 26.5 Å². The Labute approximate surface area is 147 Å². The molecule has 0 saturated heterocycles. The fourth-order valence-electron chi connectivity index (χ4n) is 2.85. The molecule has 0 N–H and O–H groups in total. The zero-order chi connectivity index (χ0) is 17.3. The van der Waals surface area contributed by atoms with Gasteiger partial charge in [-0.2, -0.15) is 0 Å². The molecule has 2 heteroatoms. The molecule has 0 aromatic rings. The van der Waals surface area contributed by atoms with Gasteiger partial charge in [-0.25, -0.2) is 0 Å². The molecule has 0 unspecified atom stereocenters. The van der Waals surface area contributed by atoms with Crippen LogP contribution in [0.2, 0.25) is 31.4 Å². The Hall–Kier alpha value is 0.756. The second-order valence-corrected chi connectivity index (χ2v) is 27.3. The van der Waals surface area contributed by atoms with Gasteiger partial charge in [0.15, 0.2) is 0 Å². The van der Waals surface area contributed by atoms with Gasteiger partial charge < -0.3 is 0 Å². The first kappa shape index (κ1) is 22.8. The second kappa shape index (κ2) is 10.6. The van der Waals surface area contributed by atoms with Crippen molar-refractivity contribution >= 4 is 26.5 Å². The normalized spacial score (nSPS) is 14.0. The standard InChI is InChI=1S/C8H17Si.3C4H9.Sn/c1-7-9(5,6)8(2,3)4;3*1-3-4-2;/h1,7H,2-6H3;3*1,3-4H2,2H3;. The van der Waals surface area contributed by atoms with Crippen LogP contribution in [0, 0.1) is 0 Å².